The molecule has 0 spiro atoms. The van der Waals surface area contributed by atoms with Gasteiger partial charge in [-0.15, -0.1) is 0 Å². The molecule has 2 fully saturated rings. The lowest BCUT2D eigenvalue weighted by molar-refractivity contribution is -0.143. The van der Waals surface area contributed by atoms with Crippen molar-refractivity contribution in [3.05, 3.63) is 0 Å². The first-order valence-electron chi connectivity index (χ1n) is 5.40. The molecule has 2 rings (SSSR count). The molecule has 0 bridgehead atoms. The summed E-state index contributed by atoms with van der Waals surface area (Å²) in [6.45, 7) is 6.00. The highest BCUT2D eigenvalue weighted by Crippen LogP contribution is 2.28. The van der Waals surface area contributed by atoms with E-state index in [1.54, 1.807) is 0 Å². The predicted octanol–water partition coefficient (Wildman–Crippen LogP) is 0.000800. The lowest BCUT2D eigenvalue weighted by Crippen LogP contribution is -2.40. The van der Waals surface area contributed by atoms with Gasteiger partial charge in [-0.3, -0.25) is 9.69 Å². The molecule has 0 aliphatic carbocycles. The molecule has 2 N–H and O–H groups in total. The van der Waals surface area contributed by atoms with Crippen LogP contribution in [-0.4, -0.2) is 48.2 Å². The van der Waals surface area contributed by atoms with Gasteiger partial charge in [0.05, 0.1) is 0 Å². The van der Waals surface area contributed by atoms with Gasteiger partial charge in [-0.1, -0.05) is 6.92 Å². The van der Waals surface area contributed by atoms with Crippen molar-refractivity contribution in [2.24, 2.45) is 11.8 Å². The van der Waals surface area contributed by atoms with E-state index in [2.05, 4.69) is 10.2 Å². The standard InChI is InChI=1S/C10H18N2O2/c1-2-9(10(13)14)12-5-7-3-11-4-8(7)6-12/h7-9,11H,2-6H2,1H3,(H,13,14)/t7-,8+,9?. The summed E-state index contributed by atoms with van der Waals surface area (Å²) in [6, 6.07) is -0.263. The fourth-order valence-electron chi connectivity index (χ4n) is 2.74. The highest BCUT2D eigenvalue weighted by Gasteiger charge is 2.39. The summed E-state index contributed by atoms with van der Waals surface area (Å²) in [4.78, 5) is 13.1. The first-order chi connectivity index (χ1) is 6.72. The van der Waals surface area contributed by atoms with E-state index in [4.69, 9.17) is 5.11 Å². The monoisotopic (exact) mass is 198 g/mol. The van der Waals surface area contributed by atoms with Gasteiger partial charge in [-0.2, -0.15) is 0 Å². The van der Waals surface area contributed by atoms with E-state index in [-0.39, 0.29) is 6.04 Å². The van der Waals surface area contributed by atoms with Crippen LogP contribution in [0.3, 0.4) is 0 Å². The van der Waals surface area contributed by atoms with Crippen LogP contribution in [-0.2, 0) is 4.79 Å². The number of aliphatic carboxylic acids is 1. The molecule has 4 nitrogen and oxygen atoms in total. The van der Waals surface area contributed by atoms with Crippen LogP contribution in [0.2, 0.25) is 0 Å². The molecule has 1 unspecified atom stereocenters. The average molecular weight is 198 g/mol. The third kappa shape index (κ3) is 1.64. The average Bonchev–Trinajstić information content (AvgIpc) is 2.63. The molecule has 14 heavy (non-hydrogen) atoms. The first-order valence-corrected chi connectivity index (χ1v) is 5.40. The number of nitrogens with zero attached hydrogens (tertiary/aromatic N) is 1. The SMILES string of the molecule is CCC(C(=O)O)N1C[C@H]2CNC[C@H]2C1. The lowest BCUT2D eigenvalue weighted by Gasteiger charge is -2.23. The van der Waals surface area contributed by atoms with Crippen molar-refractivity contribution in [3.63, 3.8) is 0 Å². The van der Waals surface area contributed by atoms with Crippen molar-refractivity contribution >= 4 is 5.97 Å². The number of carbonyl (C=O) groups is 1. The minimum absolute atomic E-state index is 0.263. The summed E-state index contributed by atoms with van der Waals surface area (Å²) < 4.78 is 0. The van der Waals surface area contributed by atoms with Gasteiger partial charge in [-0.05, 0) is 31.3 Å². The molecular weight excluding hydrogens is 180 g/mol. The largest absolute Gasteiger partial charge is 0.480 e. The number of carboxylic acid groups (broad SMARTS) is 1. The number of rotatable bonds is 3. The molecule has 0 amide bonds. The van der Waals surface area contributed by atoms with Gasteiger partial charge in [0.25, 0.3) is 0 Å². The van der Waals surface area contributed by atoms with Gasteiger partial charge in [0.15, 0.2) is 0 Å². The van der Waals surface area contributed by atoms with Crippen molar-refractivity contribution < 1.29 is 9.90 Å². The molecule has 0 aromatic heterocycles. The number of likely N-dealkylation sites (tertiary alicyclic amines) is 1. The molecule has 2 heterocycles. The van der Waals surface area contributed by atoms with E-state index < -0.39 is 5.97 Å². The predicted molar refractivity (Wildman–Crippen MR) is 53.1 cm³/mol. The second-order valence-electron chi connectivity index (χ2n) is 4.39. The summed E-state index contributed by atoms with van der Waals surface area (Å²) in [7, 11) is 0. The Labute approximate surface area is 84.3 Å². The zero-order chi connectivity index (χ0) is 10.1. The van der Waals surface area contributed by atoms with Crippen molar-refractivity contribution in [2.45, 2.75) is 19.4 Å². The normalized spacial score (nSPS) is 34.4. The minimum atomic E-state index is -0.666. The Morgan fingerprint density at radius 3 is 2.50 bits per heavy atom. The summed E-state index contributed by atoms with van der Waals surface area (Å²) in [5.41, 5.74) is 0. The Balaban J connectivity index is 1.97. The van der Waals surface area contributed by atoms with Gasteiger partial charge >= 0.3 is 5.97 Å². The Hall–Kier alpha value is -0.610. The molecule has 3 atom stereocenters. The maximum absolute atomic E-state index is 11.0. The number of fused-ring (bicyclic) bond motifs is 1. The second kappa shape index (κ2) is 3.87. The molecule has 0 aromatic carbocycles. The fourth-order valence-corrected chi connectivity index (χ4v) is 2.74. The van der Waals surface area contributed by atoms with Crippen molar-refractivity contribution in [3.8, 4) is 0 Å². The van der Waals surface area contributed by atoms with E-state index in [0.29, 0.717) is 18.3 Å². The summed E-state index contributed by atoms with van der Waals surface area (Å²) in [6.07, 6.45) is 0.711. The molecule has 2 saturated heterocycles. The van der Waals surface area contributed by atoms with Gasteiger partial charge in [-0.25, -0.2) is 0 Å². The lowest BCUT2D eigenvalue weighted by atomic mass is 10.0. The van der Waals surface area contributed by atoms with Crippen LogP contribution >= 0.6 is 0 Å². The third-order valence-electron chi connectivity index (χ3n) is 3.53. The fraction of sp³-hybridized carbons (Fsp3) is 0.900. The topological polar surface area (TPSA) is 52.6 Å². The van der Waals surface area contributed by atoms with Crippen LogP contribution in [0, 0.1) is 11.8 Å². The van der Waals surface area contributed by atoms with Crippen LogP contribution in [0.15, 0.2) is 0 Å². The van der Waals surface area contributed by atoms with E-state index in [1.807, 2.05) is 6.92 Å². The van der Waals surface area contributed by atoms with Crippen LogP contribution < -0.4 is 5.32 Å². The van der Waals surface area contributed by atoms with Crippen molar-refractivity contribution in [2.75, 3.05) is 26.2 Å². The summed E-state index contributed by atoms with van der Waals surface area (Å²) in [5.74, 6) is 0.701. The number of nitrogens with one attached hydrogen (secondary N) is 1. The van der Waals surface area contributed by atoms with Crippen LogP contribution in [0.1, 0.15) is 13.3 Å². The Morgan fingerprint density at radius 2 is 2.07 bits per heavy atom. The molecule has 0 aromatic rings. The zero-order valence-electron chi connectivity index (χ0n) is 8.57. The van der Waals surface area contributed by atoms with Crippen LogP contribution in [0.5, 0.6) is 0 Å². The van der Waals surface area contributed by atoms with E-state index in [1.165, 1.54) is 0 Å². The van der Waals surface area contributed by atoms with Gasteiger partial charge in [0.1, 0.15) is 6.04 Å². The van der Waals surface area contributed by atoms with Gasteiger partial charge in [0.2, 0.25) is 0 Å². The third-order valence-corrected chi connectivity index (χ3v) is 3.53. The molecule has 0 radical (unpaired) electrons. The second-order valence-corrected chi connectivity index (χ2v) is 4.39. The van der Waals surface area contributed by atoms with E-state index in [0.717, 1.165) is 26.2 Å². The van der Waals surface area contributed by atoms with E-state index in [9.17, 15) is 4.79 Å². The molecule has 0 saturated carbocycles. The molecule has 2 aliphatic rings. The molecule has 2 aliphatic heterocycles. The maximum atomic E-state index is 11.0. The number of hydrogen-bond donors (Lipinski definition) is 2. The van der Waals surface area contributed by atoms with Gasteiger partial charge in [0, 0.05) is 13.1 Å². The molecule has 80 valence electrons. The Bertz CT molecular complexity index is 220. The molecular formula is C10H18N2O2. The van der Waals surface area contributed by atoms with E-state index >= 15 is 0 Å². The van der Waals surface area contributed by atoms with Crippen molar-refractivity contribution in [1.29, 1.82) is 0 Å². The van der Waals surface area contributed by atoms with Crippen LogP contribution in [0.4, 0.5) is 0 Å². The number of carboxylic acids is 1. The molecule has 4 heteroatoms. The Kier molecular flexibility index (Phi) is 2.74. The summed E-state index contributed by atoms with van der Waals surface area (Å²) >= 11 is 0. The Morgan fingerprint density at radius 1 is 1.50 bits per heavy atom. The smallest absolute Gasteiger partial charge is 0.320 e. The quantitative estimate of drug-likeness (QED) is 0.670. The van der Waals surface area contributed by atoms with Crippen molar-refractivity contribution in [1.82, 2.24) is 10.2 Å². The highest BCUT2D eigenvalue weighted by atomic mass is 16.4. The van der Waals surface area contributed by atoms with Crippen LogP contribution in [0.25, 0.3) is 0 Å². The highest BCUT2D eigenvalue weighted by molar-refractivity contribution is 5.73. The minimum Gasteiger partial charge on any atom is -0.480 e. The number of hydrogen-bond acceptors (Lipinski definition) is 3. The van der Waals surface area contributed by atoms with Gasteiger partial charge < -0.3 is 10.4 Å². The first kappa shape index (κ1) is 9.93. The zero-order valence-corrected chi connectivity index (χ0v) is 8.57. The maximum Gasteiger partial charge on any atom is 0.320 e. The summed E-state index contributed by atoms with van der Waals surface area (Å²) in [5, 5.41) is 12.4.